The van der Waals surface area contributed by atoms with Gasteiger partial charge in [0.05, 0.1) is 0 Å². The summed E-state index contributed by atoms with van der Waals surface area (Å²) < 4.78 is 0. The van der Waals surface area contributed by atoms with Crippen LogP contribution in [0.1, 0.15) is 0 Å². The molecule has 0 aromatic carbocycles. The van der Waals surface area contributed by atoms with Gasteiger partial charge in [-0.05, 0) is 12.1 Å². The smallest absolute Gasteiger partial charge is 1.00 e. The number of pyridine rings is 1. The van der Waals surface area contributed by atoms with Crippen molar-refractivity contribution in [1.82, 2.24) is 4.98 Å². The van der Waals surface area contributed by atoms with Crippen molar-refractivity contribution < 1.29 is 45.2 Å². The Bertz CT molecular complexity index is 86.9. The molecule has 9 heavy (non-hydrogen) atoms. The Kier molecular flexibility index (Phi) is 20.2. The summed E-state index contributed by atoms with van der Waals surface area (Å²) >= 11 is 0. The van der Waals surface area contributed by atoms with Crippen molar-refractivity contribution in [1.29, 1.82) is 0 Å². The minimum atomic E-state index is 0. The molecular weight excluding hydrogens is 251 g/mol. The van der Waals surface area contributed by atoms with Crippen LogP contribution in [0.25, 0.3) is 0 Å². The molecule has 0 unspecified atom stereocenters. The van der Waals surface area contributed by atoms with Crippen molar-refractivity contribution in [3.8, 4) is 0 Å². The Balaban J connectivity index is -0.000000120. The van der Waals surface area contributed by atoms with E-state index in [0.717, 1.165) is 0 Å². The first kappa shape index (κ1) is 16.2. The maximum atomic E-state index is 3.78. The molecule has 0 aliphatic carbocycles. The van der Waals surface area contributed by atoms with Gasteiger partial charge in [-0.25, -0.2) is 0 Å². The number of hydrogen-bond donors (Lipinski definition) is 0. The first-order chi connectivity index (χ1) is 3.00. The fourth-order valence-corrected chi connectivity index (χ4v) is 0.313. The largest absolute Gasteiger partial charge is 2.00 e. The maximum absolute atomic E-state index is 3.78. The van der Waals surface area contributed by atoms with Crippen LogP contribution in [0.3, 0.4) is 0 Å². The molecule has 0 atom stereocenters. The molecule has 1 rings (SSSR count). The van der Waals surface area contributed by atoms with Gasteiger partial charge >= 0.3 is 20.4 Å². The fourth-order valence-electron chi connectivity index (χ4n) is 0.313. The molecule has 0 saturated heterocycles. The minimum Gasteiger partial charge on any atom is -1.00 e. The Morgan fingerprint density at radius 3 is 1.33 bits per heavy atom. The van der Waals surface area contributed by atoms with E-state index in [1.807, 2.05) is 18.2 Å². The molecule has 0 aliphatic heterocycles. The third kappa shape index (κ3) is 8.39. The quantitative estimate of drug-likeness (QED) is 0.424. The first-order valence-corrected chi connectivity index (χ1v) is 1.85. The van der Waals surface area contributed by atoms with Crippen LogP contribution in [0.2, 0.25) is 0 Å². The standard InChI is InChI=1S/C5H5N.2ClH.Pd/c1-2-4-6-5-3-1;;;/h1-5H;2*1H;/q;;;+2/p-2. The number of aromatic nitrogens is 1. The molecular formula is C5H5Cl2NPd. The average molecular weight is 256 g/mol. The van der Waals surface area contributed by atoms with E-state index in [1.54, 1.807) is 12.4 Å². The Labute approximate surface area is 80.7 Å². The summed E-state index contributed by atoms with van der Waals surface area (Å²) in [6.45, 7) is 0. The Hall–Kier alpha value is 0.392. The van der Waals surface area contributed by atoms with Crippen molar-refractivity contribution in [2.24, 2.45) is 0 Å². The maximum Gasteiger partial charge on any atom is 2.00 e. The van der Waals surface area contributed by atoms with Gasteiger partial charge in [0.15, 0.2) is 0 Å². The van der Waals surface area contributed by atoms with Crippen LogP contribution in [-0.2, 0) is 20.4 Å². The van der Waals surface area contributed by atoms with E-state index in [2.05, 4.69) is 4.98 Å². The third-order valence-electron chi connectivity index (χ3n) is 0.566. The monoisotopic (exact) mass is 255 g/mol. The zero-order valence-corrected chi connectivity index (χ0v) is 7.47. The van der Waals surface area contributed by atoms with Gasteiger partial charge in [-0.2, -0.15) is 0 Å². The van der Waals surface area contributed by atoms with Gasteiger partial charge in [-0.3, -0.25) is 4.98 Å². The second-order valence-electron chi connectivity index (χ2n) is 1.02. The molecule has 1 heterocycles. The summed E-state index contributed by atoms with van der Waals surface area (Å²) in [6, 6.07) is 5.72. The Morgan fingerprint density at radius 1 is 0.778 bits per heavy atom. The van der Waals surface area contributed by atoms with Gasteiger partial charge in [0, 0.05) is 12.4 Å². The molecule has 0 bridgehead atoms. The molecule has 0 spiro atoms. The normalized spacial score (nSPS) is 5.33. The van der Waals surface area contributed by atoms with Crippen LogP contribution in [0.5, 0.6) is 0 Å². The molecule has 1 aromatic heterocycles. The van der Waals surface area contributed by atoms with Gasteiger partial charge in [0.2, 0.25) is 0 Å². The summed E-state index contributed by atoms with van der Waals surface area (Å²) in [5.74, 6) is 0. The minimum absolute atomic E-state index is 0. The summed E-state index contributed by atoms with van der Waals surface area (Å²) in [5.41, 5.74) is 0. The Morgan fingerprint density at radius 2 is 1.22 bits per heavy atom. The van der Waals surface area contributed by atoms with Crippen LogP contribution < -0.4 is 24.8 Å². The number of rotatable bonds is 0. The molecule has 0 aliphatic rings. The third-order valence-corrected chi connectivity index (χ3v) is 0.566. The topological polar surface area (TPSA) is 12.9 Å². The van der Waals surface area contributed by atoms with Gasteiger partial charge in [-0.15, -0.1) is 0 Å². The molecule has 1 aromatic rings. The molecule has 0 N–H and O–H groups in total. The summed E-state index contributed by atoms with van der Waals surface area (Å²) in [6.07, 6.45) is 3.50. The van der Waals surface area contributed by atoms with E-state index >= 15 is 0 Å². The van der Waals surface area contributed by atoms with Crippen LogP contribution >= 0.6 is 0 Å². The molecule has 0 amide bonds. The summed E-state index contributed by atoms with van der Waals surface area (Å²) in [4.78, 5) is 3.78. The van der Waals surface area contributed by atoms with Crippen molar-refractivity contribution in [3.05, 3.63) is 30.6 Å². The zero-order valence-electron chi connectivity index (χ0n) is 4.41. The molecule has 0 fully saturated rings. The van der Waals surface area contributed by atoms with Crippen molar-refractivity contribution in [2.75, 3.05) is 0 Å². The predicted octanol–water partition coefficient (Wildman–Crippen LogP) is -4.91. The van der Waals surface area contributed by atoms with Crippen LogP contribution in [-0.4, -0.2) is 4.98 Å². The molecule has 0 radical (unpaired) electrons. The van der Waals surface area contributed by atoms with Gasteiger partial charge in [0.1, 0.15) is 0 Å². The van der Waals surface area contributed by atoms with Crippen molar-refractivity contribution in [2.45, 2.75) is 0 Å². The molecule has 4 heteroatoms. The molecule has 0 saturated carbocycles. The van der Waals surface area contributed by atoms with Crippen molar-refractivity contribution >= 4 is 0 Å². The van der Waals surface area contributed by atoms with E-state index < -0.39 is 0 Å². The predicted molar refractivity (Wildman–Crippen MR) is 24.2 cm³/mol. The molecule has 54 valence electrons. The van der Waals surface area contributed by atoms with E-state index in [9.17, 15) is 0 Å². The summed E-state index contributed by atoms with van der Waals surface area (Å²) in [7, 11) is 0. The van der Waals surface area contributed by atoms with E-state index in [0.29, 0.717) is 0 Å². The number of hydrogen-bond acceptors (Lipinski definition) is 1. The first-order valence-electron chi connectivity index (χ1n) is 1.85. The molecule has 1 nitrogen and oxygen atoms in total. The second kappa shape index (κ2) is 11.2. The summed E-state index contributed by atoms with van der Waals surface area (Å²) in [5, 5.41) is 0. The average Bonchev–Trinajstić information content (AvgIpc) is 1.72. The number of halogens is 2. The van der Waals surface area contributed by atoms with E-state index in [-0.39, 0.29) is 45.2 Å². The van der Waals surface area contributed by atoms with Crippen molar-refractivity contribution in [3.63, 3.8) is 0 Å². The second-order valence-corrected chi connectivity index (χ2v) is 1.02. The van der Waals surface area contributed by atoms with Crippen LogP contribution in [0, 0.1) is 0 Å². The SMILES string of the molecule is [Cl-].[Cl-].[Pd+2].c1ccncc1. The van der Waals surface area contributed by atoms with Gasteiger partial charge < -0.3 is 24.8 Å². The van der Waals surface area contributed by atoms with E-state index in [1.165, 1.54) is 0 Å². The zero-order chi connectivity index (χ0) is 4.24. The van der Waals surface area contributed by atoms with E-state index in [4.69, 9.17) is 0 Å². The van der Waals surface area contributed by atoms with Crippen LogP contribution in [0.4, 0.5) is 0 Å². The van der Waals surface area contributed by atoms with Gasteiger partial charge in [0.25, 0.3) is 0 Å². The van der Waals surface area contributed by atoms with Crippen LogP contribution in [0.15, 0.2) is 30.6 Å². The number of nitrogens with zero attached hydrogens (tertiary/aromatic N) is 1. The fraction of sp³-hybridized carbons (Fsp3) is 0. The van der Waals surface area contributed by atoms with Gasteiger partial charge in [-0.1, -0.05) is 6.07 Å².